The molecule has 1 heterocycles. The Morgan fingerprint density at radius 2 is 1.59 bits per heavy atom. The van der Waals surface area contributed by atoms with Crippen LogP contribution in [-0.2, 0) is 0 Å². The number of rotatable bonds is 2. The summed E-state index contributed by atoms with van der Waals surface area (Å²) in [5.41, 5.74) is 0.0575. The van der Waals surface area contributed by atoms with Crippen molar-refractivity contribution in [2.75, 3.05) is 19.6 Å². The van der Waals surface area contributed by atoms with Crippen LogP contribution >= 0.6 is 0 Å². The van der Waals surface area contributed by atoms with Crippen LogP contribution in [-0.4, -0.2) is 35.2 Å². The molecule has 0 unspecified atom stereocenters. The van der Waals surface area contributed by atoms with Crippen molar-refractivity contribution in [1.29, 1.82) is 0 Å². The molecule has 0 bridgehead atoms. The average molecular weight is 239 g/mol. The fourth-order valence-corrected chi connectivity index (χ4v) is 3.21. The fourth-order valence-electron chi connectivity index (χ4n) is 3.21. The summed E-state index contributed by atoms with van der Waals surface area (Å²) in [7, 11) is 0. The van der Waals surface area contributed by atoms with Crippen molar-refractivity contribution < 1.29 is 5.11 Å². The van der Waals surface area contributed by atoms with Crippen LogP contribution in [0.3, 0.4) is 0 Å². The Bertz CT molecular complexity index is 242. The van der Waals surface area contributed by atoms with Gasteiger partial charge in [0.15, 0.2) is 0 Å². The Labute approximate surface area is 106 Å². The van der Waals surface area contributed by atoms with Gasteiger partial charge in [0, 0.05) is 19.6 Å². The van der Waals surface area contributed by atoms with Gasteiger partial charge in [-0.2, -0.15) is 0 Å². The molecule has 2 rings (SSSR count). The molecule has 17 heavy (non-hydrogen) atoms. The van der Waals surface area contributed by atoms with E-state index in [-0.39, 0.29) is 5.60 Å². The maximum absolute atomic E-state index is 10.6. The topological polar surface area (TPSA) is 23.5 Å². The molecule has 0 radical (unpaired) electrons. The molecule has 1 aliphatic carbocycles. The first-order valence-electron chi connectivity index (χ1n) is 7.34. The van der Waals surface area contributed by atoms with E-state index < -0.39 is 0 Å². The normalized spacial score (nSPS) is 27.5. The van der Waals surface area contributed by atoms with E-state index in [2.05, 4.69) is 25.7 Å². The van der Waals surface area contributed by atoms with Crippen molar-refractivity contribution in [3.63, 3.8) is 0 Å². The molecular formula is C15H29NO. The van der Waals surface area contributed by atoms with E-state index >= 15 is 0 Å². The van der Waals surface area contributed by atoms with Gasteiger partial charge in [0.25, 0.3) is 0 Å². The Morgan fingerprint density at radius 3 is 2.06 bits per heavy atom. The fraction of sp³-hybridized carbons (Fsp3) is 1.00. The third kappa shape index (κ3) is 3.45. The zero-order valence-electron chi connectivity index (χ0n) is 11.8. The lowest BCUT2D eigenvalue weighted by Crippen LogP contribution is -2.56. The molecule has 0 aromatic rings. The van der Waals surface area contributed by atoms with E-state index in [1.807, 2.05) is 0 Å². The first-order valence-corrected chi connectivity index (χ1v) is 7.34. The van der Waals surface area contributed by atoms with Crippen LogP contribution in [0.1, 0.15) is 59.3 Å². The van der Waals surface area contributed by atoms with Crippen molar-refractivity contribution in [1.82, 2.24) is 4.90 Å². The number of nitrogens with zero attached hydrogens (tertiary/aromatic N) is 1. The van der Waals surface area contributed by atoms with Gasteiger partial charge in [-0.05, 0) is 24.2 Å². The standard InChI is InChI=1S/C15H29NO/c1-14(2,3)13-10-16(11-13)12-15(17)8-6-4-5-7-9-15/h13,17H,4-12H2,1-3H3. The lowest BCUT2D eigenvalue weighted by atomic mass is 9.75. The SMILES string of the molecule is CC(C)(C)C1CN(CC2(O)CCCCCC2)C1. The smallest absolute Gasteiger partial charge is 0.0774 e. The molecule has 1 N–H and O–H groups in total. The Morgan fingerprint density at radius 1 is 1.06 bits per heavy atom. The van der Waals surface area contributed by atoms with E-state index in [1.54, 1.807) is 0 Å². The predicted octanol–water partition coefficient (Wildman–Crippen LogP) is 3.05. The minimum Gasteiger partial charge on any atom is -0.389 e. The van der Waals surface area contributed by atoms with Gasteiger partial charge in [0.2, 0.25) is 0 Å². The summed E-state index contributed by atoms with van der Waals surface area (Å²) >= 11 is 0. The van der Waals surface area contributed by atoms with Gasteiger partial charge < -0.3 is 5.11 Å². The minimum atomic E-state index is -0.376. The zero-order chi connectivity index (χ0) is 12.5. The molecule has 0 aromatic heterocycles. The first-order chi connectivity index (χ1) is 7.89. The maximum atomic E-state index is 10.6. The summed E-state index contributed by atoms with van der Waals surface area (Å²) in [6.07, 6.45) is 7.09. The van der Waals surface area contributed by atoms with Gasteiger partial charge in [-0.1, -0.05) is 46.5 Å². The number of likely N-dealkylation sites (tertiary alicyclic amines) is 1. The highest BCUT2D eigenvalue weighted by molar-refractivity contribution is 4.93. The summed E-state index contributed by atoms with van der Waals surface area (Å²) in [4.78, 5) is 2.46. The quantitative estimate of drug-likeness (QED) is 0.749. The van der Waals surface area contributed by atoms with Gasteiger partial charge in [0.1, 0.15) is 0 Å². The third-order valence-electron chi connectivity index (χ3n) is 4.73. The van der Waals surface area contributed by atoms with E-state index in [4.69, 9.17) is 0 Å². The van der Waals surface area contributed by atoms with E-state index in [0.717, 1.165) is 25.3 Å². The van der Waals surface area contributed by atoms with Crippen LogP contribution in [0.5, 0.6) is 0 Å². The number of aliphatic hydroxyl groups is 1. The molecular weight excluding hydrogens is 210 g/mol. The molecule has 100 valence electrons. The second-order valence-corrected chi connectivity index (χ2v) is 7.40. The van der Waals surface area contributed by atoms with Crippen molar-refractivity contribution in [2.24, 2.45) is 11.3 Å². The molecule has 2 heteroatoms. The van der Waals surface area contributed by atoms with E-state index in [1.165, 1.54) is 38.8 Å². The van der Waals surface area contributed by atoms with Gasteiger partial charge in [-0.25, -0.2) is 0 Å². The van der Waals surface area contributed by atoms with Crippen LogP contribution in [0.2, 0.25) is 0 Å². The predicted molar refractivity (Wildman–Crippen MR) is 72.0 cm³/mol. The largest absolute Gasteiger partial charge is 0.389 e. The molecule has 0 atom stereocenters. The molecule has 1 saturated carbocycles. The molecule has 1 saturated heterocycles. The highest BCUT2D eigenvalue weighted by atomic mass is 16.3. The monoisotopic (exact) mass is 239 g/mol. The van der Waals surface area contributed by atoms with Crippen LogP contribution in [0.4, 0.5) is 0 Å². The van der Waals surface area contributed by atoms with Crippen LogP contribution < -0.4 is 0 Å². The Balaban J connectivity index is 1.78. The molecule has 2 aliphatic rings. The molecule has 2 fully saturated rings. The highest BCUT2D eigenvalue weighted by Gasteiger charge is 2.39. The second kappa shape index (κ2) is 4.89. The van der Waals surface area contributed by atoms with Crippen molar-refractivity contribution in [3.8, 4) is 0 Å². The van der Waals surface area contributed by atoms with Crippen molar-refractivity contribution >= 4 is 0 Å². The first kappa shape index (κ1) is 13.4. The van der Waals surface area contributed by atoms with Crippen molar-refractivity contribution in [2.45, 2.75) is 64.9 Å². The lowest BCUT2D eigenvalue weighted by Gasteiger charge is -2.49. The summed E-state index contributed by atoms with van der Waals surface area (Å²) in [6.45, 7) is 10.3. The van der Waals surface area contributed by atoms with Crippen LogP contribution in [0.25, 0.3) is 0 Å². The lowest BCUT2D eigenvalue weighted by molar-refractivity contribution is -0.0602. The minimum absolute atomic E-state index is 0.376. The number of β-amino-alcohol motifs (C(OH)–C–C–N with tert-alkyl or cyclic N) is 1. The number of hydrogen-bond acceptors (Lipinski definition) is 2. The van der Waals surface area contributed by atoms with Crippen LogP contribution in [0, 0.1) is 11.3 Å². The summed E-state index contributed by atoms with van der Waals surface area (Å²) < 4.78 is 0. The zero-order valence-corrected chi connectivity index (χ0v) is 11.8. The number of hydrogen-bond donors (Lipinski definition) is 1. The Hall–Kier alpha value is -0.0800. The average Bonchev–Trinajstić information content (AvgIpc) is 2.35. The van der Waals surface area contributed by atoms with Crippen LogP contribution in [0.15, 0.2) is 0 Å². The van der Waals surface area contributed by atoms with E-state index in [0.29, 0.717) is 5.41 Å². The molecule has 0 aromatic carbocycles. The summed E-state index contributed by atoms with van der Waals surface area (Å²) in [5.74, 6) is 0.817. The summed E-state index contributed by atoms with van der Waals surface area (Å²) in [5, 5.41) is 10.6. The molecule has 2 nitrogen and oxygen atoms in total. The van der Waals surface area contributed by atoms with Gasteiger partial charge in [-0.15, -0.1) is 0 Å². The molecule has 1 aliphatic heterocycles. The van der Waals surface area contributed by atoms with E-state index in [9.17, 15) is 5.11 Å². The highest BCUT2D eigenvalue weighted by Crippen LogP contribution is 2.36. The van der Waals surface area contributed by atoms with Gasteiger partial charge >= 0.3 is 0 Å². The van der Waals surface area contributed by atoms with Crippen molar-refractivity contribution in [3.05, 3.63) is 0 Å². The summed E-state index contributed by atoms with van der Waals surface area (Å²) in [6, 6.07) is 0. The third-order valence-corrected chi connectivity index (χ3v) is 4.73. The maximum Gasteiger partial charge on any atom is 0.0774 e. The van der Waals surface area contributed by atoms with Gasteiger partial charge in [0.05, 0.1) is 5.60 Å². The Kier molecular flexibility index (Phi) is 3.84. The second-order valence-electron chi connectivity index (χ2n) is 7.40. The molecule has 0 amide bonds. The van der Waals surface area contributed by atoms with Gasteiger partial charge in [-0.3, -0.25) is 4.90 Å². The molecule has 0 spiro atoms.